The van der Waals surface area contributed by atoms with Crippen LogP contribution in [0.5, 0.6) is 0 Å². The first-order valence-electron chi connectivity index (χ1n) is 12.6. The quantitative estimate of drug-likeness (QED) is 0.174. The van der Waals surface area contributed by atoms with Gasteiger partial charge in [0.1, 0.15) is 24.2 Å². The van der Waals surface area contributed by atoms with Crippen molar-refractivity contribution < 1.29 is 39.6 Å². The van der Waals surface area contributed by atoms with E-state index >= 15 is 0 Å². The van der Waals surface area contributed by atoms with Gasteiger partial charge in [-0.3, -0.25) is 19.2 Å². The lowest BCUT2D eigenvalue weighted by atomic mass is 10.1. The molecule has 3 rings (SSSR count). The summed E-state index contributed by atoms with van der Waals surface area (Å²) < 4.78 is 0. The summed E-state index contributed by atoms with van der Waals surface area (Å²) in [5, 5.41) is 39.3. The average Bonchev–Trinajstić information content (AvgIpc) is 3.61. The van der Waals surface area contributed by atoms with Crippen LogP contribution in [0, 0.1) is 0 Å². The van der Waals surface area contributed by atoms with E-state index in [9.17, 15) is 19.2 Å². The zero-order chi connectivity index (χ0) is 28.9. The summed E-state index contributed by atoms with van der Waals surface area (Å²) in [7, 11) is 0. The van der Waals surface area contributed by atoms with Crippen molar-refractivity contribution in [3.8, 4) is 0 Å². The Labute approximate surface area is 222 Å². The molecule has 0 aliphatic carbocycles. The molecule has 1 aromatic rings. The van der Waals surface area contributed by atoms with Gasteiger partial charge in [0.25, 0.3) is 0 Å². The molecule has 0 aromatic heterocycles. The lowest BCUT2D eigenvalue weighted by Gasteiger charge is -2.04. The number of aliphatic carboxylic acids is 4. The van der Waals surface area contributed by atoms with Crippen LogP contribution in [0.15, 0.2) is 30.3 Å². The molecule has 2 aliphatic heterocycles. The zero-order valence-electron chi connectivity index (χ0n) is 21.6. The van der Waals surface area contributed by atoms with E-state index in [-0.39, 0.29) is 12.1 Å². The van der Waals surface area contributed by atoms with Gasteiger partial charge in [-0.25, -0.2) is 0 Å². The molecule has 216 valence electrons. The predicted molar refractivity (Wildman–Crippen MR) is 142 cm³/mol. The maximum atomic E-state index is 10.4. The molecule has 0 unspecified atom stereocenters. The van der Waals surface area contributed by atoms with Crippen molar-refractivity contribution in [2.24, 2.45) is 17.2 Å². The molecule has 0 radical (unpaired) electrons. The number of hydrogen-bond donors (Lipinski definition) is 9. The molecule has 0 bridgehead atoms. The summed E-state index contributed by atoms with van der Waals surface area (Å²) in [5.74, 6) is -3.33. The van der Waals surface area contributed by atoms with Crippen molar-refractivity contribution in [3.05, 3.63) is 35.9 Å². The van der Waals surface area contributed by atoms with Crippen molar-refractivity contribution in [2.45, 2.75) is 75.5 Å². The number of carboxylic acids is 4. The van der Waals surface area contributed by atoms with Crippen LogP contribution in [-0.4, -0.2) is 88.1 Å². The number of hydrogen-bond acceptors (Lipinski definition) is 9. The Kier molecular flexibility index (Phi) is 19.2. The molecule has 0 spiro atoms. The van der Waals surface area contributed by atoms with Gasteiger partial charge in [-0.1, -0.05) is 36.8 Å². The summed E-state index contributed by atoms with van der Waals surface area (Å²) >= 11 is 0. The fraction of sp³-hybridized carbons (Fsp3) is 0.600. The molecule has 0 saturated carbocycles. The third-order valence-electron chi connectivity index (χ3n) is 5.62. The molecule has 2 aliphatic rings. The molecule has 2 heterocycles. The second-order valence-corrected chi connectivity index (χ2v) is 8.84. The maximum Gasteiger partial charge on any atom is 0.320 e. The Morgan fingerprint density at radius 3 is 1.58 bits per heavy atom. The number of nitrogens with one attached hydrogen (secondary N) is 2. The van der Waals surface area contributed by atoms with Gasteiger partial charge in [-0.2, -0.15) is 0 Å². The summed E-state index contributed by atoms with van der Waals surface area (Å²) in [5.41, 5.74) is 16.7. The third kappa shape index (κ3) is 17.4. The Bertz CT molecular complexity index is 789. The molecule has 12 N–H and O–H groups in total. The van der Waals surface area contributed by atoms with Gasteiger partial charge in [0.05, 0.1) is 0 Å². The highest BCUT2D eigenvalue weighted by molar-refractivity contribution is 5.74. The summed E-state index contributed by atoms with van der Waals surface area (Å²) in [6, 6.07) is 7.29. The smallest absolute Gasteiger partial charge is 0.320 e. The highest BCUT2D eigenvalue weighted by Crippen LogP contribution is 2.04. The first-order chi connectivity index (χ1) is 18.0. The Hall–Kier alpha value is -3.10. The number of benzene rings is 1. The van der Waals surface area contributed by atoms with Gasteiger partial charge in [0, 0.05) is 0 Å². The van der Waals surface area contributed by atoms with Crippen molar-refractivity contribution in [1.82, 2.24) is 10.6 Å². The molecule has 2 saturated heterocycles. The van der Waals surface area contributed by atoms with Crippen LogP contribution in [0.4, 0.5) is 0 Å². The molecule has 4 atom stereocenters. The minimum atomic E-state index is -0.959. The fourth-order valence-electron chi connectivity index (χ4n) is 3.38. The van der Waals surface area contributed by atoms with Crippen LogP contribution in [0.1, 0.15) is 50.5 Å². The van der Waals surface area contributed by atoms with E-state index in [1.54, 1.807) is 0 Å². The highest BCUT2D eigenvalue weighted by atomic mass is 16.4. The van der Waals surface area contributed by atoms with Gasteiger partial charge in [-0.05, 0) is 70.1 Å². The average molecular weight is 542 g/mol. The van der Waals surface area contributed by atoms with Crippen molar-refractivity contribution in [1.29, 1.82) is 0 Å². The van der Waals surface area contributed by atoms with E-state index in [4.69, 9.17) is 37.6 Å². The molecule has 1 aromatic carbocycles. The molecule has 13 heteroatoms. The number of rotatable bonds is 10. The Morgan fingerprint density at radius 2 is 1.26 bits per heavy atom. The van der Waals surface area contributed by atoms with Gasteiger partial charge in [-0.15, -0.1) is 0 Å². The normalized spacial score (nSPS) is 19.2. The molecule has 2 fully saturated rings. The molecular formula is C25H43N5O8. The van der Waals surface area contributed by atoms with E-state index in [0.29, 0.717) is 19.4 Å². The minimum Gasteiger partial charge on any atom is -0.480 e. The zero-order valence-corrected chi connectivity index (χ0v) is 21.6. The summed E-state index contributed by atoms with van der Waals surface area (Å²) in [6.45, 7) is 2.32. The lowest BCUT2D eigenvalue weighted by molar-refractivity contribution is -0.140. The van der Waals surface area contributed by atoms with Crippen LogP contribution < -0.4 is 27.8 Å². The van der Waals surface area contributed by atoms with Crippen molar-refractivity contribution in [2.75, 3.05) is 19.6 Å². The number of unbranched alkanes of at least 4 members (excludes halogenated alkanes) is 1. The van der Waals surface area contributed by atoms with Gasteiger partial charge in [0.15, 0.2) is 0 Å². The predicted octanol–water partition coefficient (Wildman–Crippen LogP) is -0.186. The number of carboxylic acid groups (broad SMARTS) is 4. The van der Waals surface area contributed by atoms with Gasteiger partial charge in [0.2, 0.25) is 0 Å². The van der Waals surface area contributed by atoms with E-state index < -0.39 is 36.0 Å². The SMILES string of the molecule is NCCCC[C@H](N)C(=O)O.N[C@@H](Cc1ccccc1)C(=O)O.O=C(O)[C@@H]1CCCN1.O=C(O)[C@@H]1CCCN1. The molecule has 38 heavy (non-hydrogen) atoms. The van der Waals surface area contributed by atoms with Crippen LogP contribution in [-0.2, 0) is 25.6 Å². The standard InChI is InChI=1S/C9H11NO2.C6H14N2O2.2C5H9NO2/c10-8(9(11)12)6-7-4-2-1-3-5-7;7-4-2-1-3-5(8)6(9)10;2*7-5(8)4-2-1-3-6-4/h1-5,8H,6,10H2,(H,11,12);5H,1-4,7-8H2,(H,9,10);2*4,6H,1-3H2,(H,7,8)/t8-;5-;2*4-/m0000/s1. The van der Waals surface area contributed by atoms with Gasteiger partial charge >= 0.3 is 23.9 Å². The topological polar surface area (TPSA) is 251 Å². The first-order valence-corrected chi connectivity index (χ1v) is 12.6. The number of carbonyl (C=O) groups is 4. The maximum absolute atomic E-state index is 10.4. The molecular weight excluding hydrogens is 498 g/mol. The van der Waals surface area contributed by atoms with E-state index in [0.717, 1.165) is 57.2 Å². The third-order valence-corrected chi connectivity index (χ3v) is 5.62. The van der Waals surface area contributed by atoms with E-state index in [1.807, 2.05) is 30.3 Å². The second kappa shape index (κ2) is 20.9. The largest absolute Gasteiger partial charge is 0.480 e. The van der Waals surface area contributed by atoms with Crippen molar-refractivity contribution in [3.63, 3.8) is 0 Å². The fourth-order valence-corrected chi connectivity index (χ4v) is 3.38. The van der Waals surface area contributed by atoms with Crippen LogP contribution in [0.3, 0.4) is 0 Å². The van der Waals surface area contributed by atoms with E-state index in [2.05, 4.69) is 10.6 Å². The van der Waals surface area contributed by atoms with Crippen LogP contribution >= 0.6 is 0 Å². The number of nitrogens with two attached hydrogens (primary N) is 3. The molecule has 13 nitrogen and oxygen atoms in total. The van der Waals surface area contributed by atoms with E-state index in [1.165, 1.54) is 0 Å². The van der Waals surface area contributed by atoms with Crippen LogP contribution in [0.2, 0.25) is 0 Å². The summed E-state index contributed by atoms with van der Waals surface area (Å²) in [4.78, 5) is 40.8. The highest BCUT2D eigenvalue weighted by Gasteiger charge is 2.20. The van der Waals surface area contributed by atoms with Crippen LogP contribution in [0.25, 0.3) is 0 Å². The monoisotopic (exact) mass is 541 g/mol. The minimum absolute atomic E-state index is 0.269. The lowest BCUT2D eigenvalue weighted by Crippen LogP contribution is -2.32. The second-order valence-electron chi connectivity index (χ2n) is 8.84. The van der Waals surface area contributed by atoms with Crippen molar-refractivity contribution >= 4 is 23.9 Å². The Balaban J connectivity index is 0.000000487. The first kappa shape index (κ1) is 34.9. The Morgan fingerprint density at radius 1 is 0.789 bits per heavy atom. The summed E-state index contributed by atoms with van der Waals surface area (Å²) in [6.07, 6.45) is 6.12. The molecule has 0 amide bonds. The van der Waals surface area contributed by atoms with Gasteiger partial charge < -0.3 is 48.3 Å².